The number of oxime groups is 1. The van der Waals surface area contributed by atoms with E-state index in [4.69, 9.17) is 14.7 Å². The van der Waals surface area contributed by atoms with Crippen LogP contribution in [0.4, 0.5) is 4.39 Å². The van der Waals surface area contributed by atoms with Crippen LogP contribution in [0.2, 0.25) is 0 Å². The fraction of sp³-hybridized carbons (Fsp3) is 0.462. The standard InChI is InChI=1S/C13H16FNO3/c1-9(15-16)12-5-4-10(14)7-13(12)18-8-11-3-2-6-17-11/h4-5,7,11,16H,2-3,6,8H2,1H3. The van der Waals surface area contributed by atoms with Crippen LogP contribution in [0.25, 0.3) is 0 Å². The number of rotatable bonds is 4. The van der Waals surface area contributed by atoms with E-state index < -0.39 is 0 Å². The molecule has 1 aromatic rings. The molecule has 1 N–H and O–H groups in total. The maximum Gasteiger partial charge on any atom is 0.131 e. The zero-order valence-electron chi connectivity index (χ0n) is 10.2. The molecule has 0 saturated carbocycles. The van der Waals surface area contributed by atoms with Crippen LogP contribution < -0.4 is 4.74 Å². The van der Waals surface area contributed by atoms with Gasteiger partial charge in [-0.1, -0.05) is 5.16 Å². The van der Waals surface area contributed by atoms with E-state index in [9.17, 15) is 4.39 Å². The third-order valence-corrected chi connectivity index (χ3v) is 2.93. The van der Waals surface area contributed by atoms with Crippen LogP contribution in [0, 0.1) is 5.82 Å². The SMILES string of the molecule is CC(=NO)c1ccc(F)cc1OCC1CCCO1. The highest BCUT2D eigenvalue weighted by Gasteiger charge is 2.17. The van der Waals surface area contributed by atoms with Gasteiger partial charge in [-0.05, 0) is 31.9 Å². The summed E-state index contributed by atoms with van der Waals surface area (Å²) >= 11 is 0. The maximum absolute atomic E-state index is 13.2. The molecule has 0 aliphatic carbocycles. The molecule has 1 fully saturated rings. The molecule has 18 heavy (non-hydrogen) atoms. The predicted octanol–water partition coefficient (Wildman–Crippen LogP) is 2.58. The second-order valence-corrected chi connectivity index (χ2v) is 4.27. The van der Waals surface area contributed by atoms with E-state index in [2.05, 4.69) is 5.16 Å². The Balaban J connectivity index is 2.11. The molecule has 1 aliphatic rings. The van der Waals surface area contributed by atoms with E-state index in [1.807, 2.05) is 0 Å². The first kappa shape index (κ1) is 12.8. The van der Waals surface area contributed by atoms with Gasteiger partial charge in [-0.2, -0.15) is 0 Å². The Morgan fingerprint density at radius 3 is 3.11 bits per heavy atom. The first-order valence-corrected chi connectivity index (χ1v) is 5.93. The quantitative estimate of drug-likeness (QED) is 0.509. The van der Waals surface area contributed by atoms with Crippen molar-refractivity contribution in [2.24, 2.45) is 5.16 Å². The molecule has 0 spiro atoms. The number of hydrogen-bond donors (Lipinski definition) is 1. The molecule has 1 aromatic carbocycles. The maximum atomic E-state index is 13.2. The van der Waals surface area contributed by atoms with Gasteiger partial charge in [-0.25, -0.2) is 4.39 Å². The van der Waals surface area contributed by atoms with Crippen LogP contribution in [0.3, 0.4) is 0 Å². The third kappa shape index (κ3) is 2.98. The summed E-state index contributed by atoms with van der Waals surface area (Å²) in [6, 6.07) is 4.14. The number of benzene rings is 1. The van der Waals surface area contributed by atoms with E-state index in [1.54, 1.807) is 6.92 Å². The average molecular weight is 253 g/mol. The van der Waals surface area contributed by atoms with Gasteiger partial charge in [0.25, 0.3) is 0 Å². The Labute approximate surface area is 105 Å². The van der Waals surface area contributed by atoms with Gasteiger partial charge in [0, 0.05) is 18.2 Å². The predicted molar refractivity (Wildman–Crippen MR) is 64.9 cm³/mol. The van der Waals surface area contributed by atoms with Crippen LogP contribution in [0.5, 0.6) is 5.75 Å². The molecule has 0 aromatic heterocycles. The minimum Gasteiger partial charge on any atom is -0.490 e. The van der Waals surface area contributed by atoms with Crippen molar-refractivity contribution in [2.75, 3.05) is 13.2 Å². The Bertz CT molecular complexity index is 442. The smallest absolute Gasteiger partial charge is 0.131 e. The molecule has 0 bridgehead atoms. The summed E-state index contributed by atoms with van der Waals surface area (Å²) in [6.45, 7) is 2.77. The number of hydrogen-bond acceptors (Lipinski definition) is 4. The van der Waals surface area contributed by atoms with Crippen LogP contribution in [-0.4, -0.2) is 30.2 Å². The zero-order valence-corrected chi connectivity index (χ0v) is 10.2. The van der Waals surface area contributed by atoms with Crippen molar-refractivity contribution in [3.05, 3.63) is 29.6 Å². The van der Waals surface area contributed by atoms with Crippen molar-refractivity contribution in [3.8, 4) is 5.75 Å². The Morgan fingerprint density at radius 2 is 2.44 bits per heavy atom. The summed E-state index contributed by atoms with van der Waals surface area (Å²) in [4.78, 5) is 0. The van der Waals surface area contributed by atoms with E-state index >= 15 is 0 Å². The molecule has 0 radical (unpaired) electrons. The van der Waals surface area contributed by atoms with Crippen molar-refractivity contribution in [1.82, 2.24) is 0 Å². The lowest BCUT2D eigenvalue weighted by molar-refractivity contribution is 0.0678. The summed E-state index contributed by atoms with van der Waals surface area (Å²) in [7, 11) is 0. The van der Waals surface area contributed by atoms with Gasteiger partial charge in [0.2, 0.25) is 0 Å². The molecule has 5 heteroatoms. The van der Waals surface area contributed by atoms with Crippen molar-refractivity contribution < 1.29 is 19.1 Å². The van der Waals surface area contributed by atoms with Crippen LogP contribution in [0.15, 0.2) is 23.4 Å². The van der Waals surface area contributed by atoms with Gasteiger partial charge in [-0.3, -0.25) is 0 Å². The normalized spacial score (nSPS) is 20.1. The fourth-order valence-corrected chi connectivity index (χ4v) is 1.93. The zero-order chi connectivity index (χ0) is 13.0. The number of nitrogens with zero attached hydrogens (tertiary/aromatic N) is 1. The van der Waals surface area contributed by atoms with E-state index in [1.165, 1.54) is 18.2 Å². The molecule has 1 atom stereocenters. The topological polar surface area (TPSA) is 51.1 Å². The largest absolute Gasteiger partial charge is 0.490 e. The van der Waals surface area contributed by atoms with Gasteiger partial charge in [0.05, 0.1) is 11.8 Å². The lowest BCUT2D eigenvalue weighted by Gasteiger charge is -2.14. The van der Waals surface area contributed by atoms with Crippen LogP contribution in [-0.2, 0) is 4.74 Å². The number of halogens is 1. The first-order chi connectivity index (χ1) is 8.70. The molecule has 0 amide bonds. The summed E-state index contributed by atoms with van der Waals surface area (Å²) in [5, 5.41) is 11.9. The molecule has 98 valence electrons. The summed E-state index contributed by atoms with van der Waals surface area (Å²) in [5.41, 5.74) is 0.967. The van der Waals surface area contributed by atoms with E-state index in [0.717, 1.165) is 19.4 Å². The molecule has 4 nitrogen and oxygen atoms in total. The third-order valence-electron chi connectivity index (χ3n) is 2.93. The summed E-state index contributed by atoms with van der Waals surface area (Å²) < 4.78 is 24.2. The highest BCUT2D eigenvalue weighted by atomic mass is 19.1. The molecule has 2 rings (SSSR count). The Hall–Kier alpha value is -1.62. The minimum atomic E-state index is -0.383. The summed E-state index contributed by atoms with van der Waals surface area (Å²) in [6.07, 6.45) is 2.05. The molecular formula is C13H16FNO3. The molecule has 1 heterocycles. The van der Waals surface area contributed by atoms with Crippen molar-refractivity contribution in [3.63, 3.8) is 0 Å². The van der Waals surface area contributed by atoms with Gasteiger partial charge < -0.3 is 14.7 Å². The molecule has 1 unspecified atom stereocenters. The van der Waals surface area contributed by atoms with Gasteiger partial charge in [0.1, 0.15) is 18.2 Å². The molecular weight excluding hydrogens is 237 g/mol. The fourth-order valence-electron chi connectivity index (χ4n) is 1.93. The van der Waals surface area contributed by atoms with Crippen molar-refractivity contribution in [2.45, 2.75) is 25.9 Å². The lowest BCUT2D eigenvalue weighted by Crippen LogP contribution is -2.17. The molecule has 1 aliphatic heterocycles. The highest BCUT2D eigenvalue weighted by Crippen LogP contribution is 2.22. The van der Waals surface area contributed by atoms with Crippen molar-refractivity contribution >= 4 is 5.71 Å². The van der Waals surface area contributed by atoms with E-state index in [0.29, 0.717) is 23.6 Å². The molecule has 1 saturated heterocycles. The number of ether oxygens (including phenoxy) is 2. The van der Waals surface area contributed by atoms with Crippen molar-refractivity contribution in [1.29, 1.82) is 0 Å². The Kier molecular flexibility index (Phi) is 4.15. The van der Waals surface area contributed by atoms with Gasteiger partial charge >= 0.3 is 0 Å². The lowest BCUT2D eigenvalue weighted by atomic mass is 10.1. The second kappa shape index (κ2) is 5.82. The van der Waals surface area contributed by atoms with E-state index in [-0.39, 0.29) is 11.9 Å². The average Bonchev–Trinajstić information content (AvgIpc) is 2.88. The van der Waals surface area contributed by atoms with Crippen LogP contribution in [0.1, 0.15) is 25.3 Å². The monoisotopic (exact) mass is 253 g/mol. The minimum absolute atomic E-state index is 0.0625. The highest BCUT2D eigenvalue weighted by molar-refractivity contribution is 6.00. The second-order valence-electron chi connectivity index (χ2n) is 4.27. The first-order valence-electron chi connectivity index (χ1n) is 5.93. The summed E-state index contributed by atoms with van der Waals surface area (Å²) in [5.74, 6) is -0.00682. The van der Waals surface area contributed by atoms with Crippen LogP contribution >= 0.6 is 0 Å². The van der Waals surface area contributed by atoms with Gasteiger partial charge in [0.15, 0.2) is 0 Å². The Morgan fingerprint density at radius 1 is 1.61 bits per heavy atom. The van der Waals surface area contributed by atoms with Gasteiger partial charge in [-0.15, -0.1) is 0 Å².